The van der Waals surface area contributed by atoms with Gasteiger partial charge in [0, 0.05) is 0 Å². The topological polar surface area (TPSA) is 9.23 Å². The van der Waals surface area contributed by atoms with E-state index in [0.717, 1.165) is 6.42 Å². The summed E-state index contributed by atoms with van der Waals surface area (Å²) in [6, 6.07) is 8.79. The Morgan fingerprint density at radius 1 is 1.33 bits per heavy atom. The van der Waals surface area contributed by atoms with E-state index in [4.69, 9.17) is 4.43 Å². The molecular weight excluding hydrogens is 272 g/mol. The van der Waals surface area contributed by atoms with E-state index in [9.17, 15) is 0 Å². The first-order valence-corrected chi connectivity index (χ1v) is 10.8. The molecule has 0 aliphatic heterocycles. The van der Waals surface area contributed by atoms with E-state index in [1.807, 2.05) is 0 Å². The van der Waals surface area contributed by atoms with Crippen molar-refractivity contribution in [3.8, 4) is 0 Å². The van der Waals surface area contributed by atoms with Crippen LogP contribution in [-0.4, -0.2) is 9.04 Å². The van der Waals surface area contributed by atoms with Crippen molar-refractivity contribution in [2.24, 2.45) is 5.92 Å². The van der Waals surface area contributed by atoms with Gasteiger partial charge in [0.25, 0.3) is 0 Å². The molecular formula is C19H29OSi. The molecule has 1 radical (unpaired) electrons. The molecule has 1 aromatic carbocycles. The van der Waals surface area contributed by atoms with Gasteiger partial charge in [-0.2, -0.15) is 0 Å². The van der Waals surface area contributed by atoms with Crippen LogP contribution in [0.2, 0.25) is 13.1 Å². The summed E-state index contributed by atoms with van der Waals surface area (Å²) in [4.78, 5) is 0. The van der Waals surface area contributed by atoms with Crippen molar-refractivity contribution >= 4 is 14.6 Å². The zero-order chi connectivity index (χ0) is 15.2. The molecule has 0 heterocycles. The summed E-state index contributed by atoms with van der Waals surface area (Å²) in [7, 11) is -0.693. The molecule has 2 rings (SSSR count). The summed E-state index contributed by atoms with van der Waals surface area (Å²) < 4.78 is 6.32. The lowest BCUT2D eigenvalue weighted by Gasteiger charge is -2.30. The van der Waals surface area contributed by atoms with E-state index in [1.165, 1.54) is 48.8 Å². The third kappa shape index (κ3) is 4.30. The van der Waals surface area contributed by atoms with Gasteiger partial charge in [-0.15, -0.1) is 0 Å². The number of hydrogen-bond donors (Lipinski definition) is 0. The molecule has 1 aliphatic carbocycles. The van der Waals surface area contributed by atoms with Crippen LogP contribution in [0.3, 0.4) is 0 Å². The highest BCUT2D eigenvalue weighted by atomic mass is 28.3. The average Bonchev–Trinajstić information content (AvgIpc) is 2.41. The molecule has 21 heavy (non-hydrogen) atoms. The van der Waals surface area contributed by atoms with Crippen molar-refractivity contribution in [3.05, 3.63) is 42.0 Å². The van der Waals surface area contributed by atoms with E-state index in [0.29, 0.717) is 5.92 Å². The maximum Gasteiger partial charge on any atom is 0.205 e. The standard InChI is InChI=1S/C19H29OSi/c1-5-6-14-19(20-21(3)4)18-13-8-7-12-17(18)15(2)16-10-9-11-16/h7-8,12-13,16,19H,2,5-6,9-11,14H2,1,3-4H3. The van der Waals surface area contributed by atoms with Crippen LogP contribution in [-0.2, 0) is 4.43 Å². The van der Waals surface area contributed by atoms with Crippen LogP contribution in [0.4, 0.5) is 0 Å². The Kier molecular flexibility index (Phi) is 6.25. The molecule has 0 spiro atoms. The van der Waals surface area contributed by atoms with Crippen LogP contribution in [0.5, 0.6) is 0 Å². The van der Waals surface area contributed by atoms with Crippen molar-refractivity contribution in [1.82, 2.24) is 0 Å². The van der Waals surface area contributed by atoms with Crippen LogP contribution in [0, 0.1) is 5.92 Å². The Bertz CT molecular complexity index is 462. The van der Waals surface area contributed by atoms with Gasteiger partial charge in [0.15, 0.2) is 0 Å². The van der Waals surface area contributed by atoms with Gasteiger partial charge >= 0.3 is 0 Å². The molecule has 1 unspecified atom stereocenters. The lowest BCUT2D eigenvalue weighted by Crippen LogP contribution is -2.18. The summed E-state index contributed by atoms with van der Waals surface area (Å²) in [6.45, 7) is 11.1. The van der Waals surface area contributed by atoms with Gasteiger partial charge < -0.3 is 4.43 Å². The monoisotopic (exact) mass is 301 g/mol. The first-order valence-electron chi connectivity index (χ1n) is 8.38. The van der Waals surface area contributed by atoms with Gasteiger partial charge in [-0.3, -0.25) is 0 Å². The van der Waals surface area contributed by atoms with Crippen LogP contribution in [0.25, 0.3) is 5.57 Å². The average molecular weight is 302 g/mol. The van der Waals surface area contributed by atoms with E-state index >= 15 is 0 Å². The second-order valence-corrected chi connectivity index (χ2v) is 8.45. The van der Waals surface area contributed by atoms with Crippen LogP contribution in [0.1, 0.15) is 62.7 Å². The first kappa shape index (κ1) is 16.5. The number of rotatable bonds is 8. The zero-order valence-electron chi connectivity index (χ0n) is 13.8. The second-order valence-electron chi connectivity index (χ2n) is 6.40. The van der Waals surface area contributed by atoms with Crippen LogP contribution >= 0.6 is 0 Å². The van der Waals surface area contributed by atoms with Gasteiger partial charge in [0.2, 0.25) is 9.04 Å². The molecule has 1 aromatic rings. The molecule has 2 heteroatoms. The third-order valence-electron chi connectivity index (χ3n) is 4.45. The fourth-order valence-electron chi connectivity index (χ4n) is 3.00. The largest absolute Gasteiger partial charge is 0.410 e. The number of benzene rings is 1. The lowest BCUT2D eigenvalue weighted by molar-refractivity contribution is 0.194. The van der Waals surface area contributed by atoms with Gasteiger partial charge in [-0.1, -0.05) is 57.0 Å². The summed E-state index contributed by atoms with van der Waals surface area (Å²) in [5.41, 5.74) is 4.06. The SMILES string of the molecule is C=C(c1ccccc1C(CCCC)O[Si](C)C)C1CCC1. The van der Waals surface area contributed by atoms with Crippen molar-refractivity contribution in [2.75, 3.05) is 0 Å². The Hall–Kier alpha value is -0.863. The number of unbranched alkanes of at least 4 members (excludes halogenated alkanes) is 1. The fraction of sp³-hybridized carbons (Fsp3) is 0.579. The molecule has 0 bridgehead atoms. The highest BCUT2D eigenvalue weighted by molar-refractivity contribution is 6.48. The van der Waals surface area contributed by atoms with Crippen molar-refractivity contribution in [3.63, 3.8) is 0 Å². The smallest absolute Gasteiger partial charge is 0.205 e. The highest BCUT2D eigenvalue weighted by Crippen LogP contribution is 2.40. The Balaban J connectivity index is 2.23. The fourth-order valence-corrected chi connectivity index (χ4v) is 3.81. The number of hydrogen-bond acceptors (Lipinski definition) is 1. The van der Waals surface area contributed by atoms with Gasteiger partial charge in [0.05, 0.1) is 6.10 Å². The molecule has 0 N–H and O–H groups in total. The third-order valence-corrected chi connectivity index (χ3v) is 5.21. The number of allylic oxidation sites excluding steroid dienone is 1. The molecule has 1 aliphatic rings. The van der Waals surface area contributed by atoms with Crippen LogP contribution < -0.4 is 0 Å². The lowest BCUT2D eigenvalue weighted by atomic mass is 9.76. The minimum Gasteiger partial charge on any atom is -0.410 e. The molecule has 1 nitrogen and oxygen atoms in total. The highest BCUT2D eigenvalue weighted by Gasteiger charge is 2.25. The van der Waals surface area contributed by atoms with Crippen molar-refractivity contribution in [2.45, 2.75) is 64.6 Å². The van der Waals surface area contributed by atoms with Crippen molar-refractivity contribution < 1.29 is 4.43 Å². The molecule has 0 amide bonds. The molecule has 0 saturated heterocycles. The molecule has 1 saturated carbocycles. The normalized spacial score (nSPS) is 16.8. The molecule has 1 fully saturated rings. The summed E-state index contributed by atoms with van der Waals surface area (Å²) in [6.07, 6.45) is 7.81. The minimum atomic E-state index is -0.693. The van der Waals surface area contributed by atoms with E-state index in [1.54, 1.807) is 0 Å². The van der Waals surface area contributed by atoms with Gasteiger partial charge in [0.1, 0.15) is 0 Å². The Morgan fingerprint density at radius 3 is 2.62 bits per heavy atom. The van der Waals surface area contributed by atoms with Crippen molar-refractivity contribution in [1.29, 1.82) is 0 Å². The predicted molar refractivity (Wildman–Crippen MR) is 93.7 cm³/mol. The molecule has 0 aromatic heterocycles. The summed E-state index contributed by atoms with van der Waals surface area (Å²) in [5, 5.41) is 0. The second kappa shape index (κ2) is 7.95. The maximum atomic E-state index is 6.32. The van der Waals surface area contributed by atoms with Crippen LogP contribution in [0.15, 0.2) is 30.8 Å². The molecule has 115 valence electrons. The quantitative estimate of drug-likeness (QED) is 0.535. The predicted octanol–water partition coefficient (Wildman–Crippen LogP) is 6.00. The Morgan fingerprint density at radius 2 is 2.05 bits per heavy atom. The summed E-state index contributed by atoms with van der Waals surface area (Å²) in [5.74, 6) is 0.700. The zero-order valence-corrected chi connectivity index (χ0v) is 14.8. The van der Waals surface area contributed by atoms with E-state index < -0.39 is 9.04 Å². The minimum absolute atomic E-state index is 0.252. The summed E-state index contributed by atoms with van der Waals surface area (Å²) >= 11 is 0. The first-order chi connectivity index (χ1) is 10.1. The van der Waals surface area contributed by atoms with Gasteiger partial charge in [-0.05, 0) is 55.0 Å². The van der Waals surface area contributed by atoms with Gasteiger partial charge in [-0.25, -0.2) is 0 Å². The van der Waals surface area contributed by atoms with E-state index in [2.05, 4.69) is 50.9 Å². The Labute approximate surface area is 132 Å². The molecule has 1 atom stereocenters. The van der Waals surface area contributed by atoms with E-state index in [-0.39, 0.29) is 6.10 Å². The maximum absolute atomic E-state index is 6.32.